The Bertz CT molecular complexity index is 1020. The van der Waals surface area contributed by atoms with Crippen molar-refractivity contribution >= 4 is 44.8 Å². The minimum absolute atomic E-state index is 0.114. The van der Waals surface area contributed by atoms with Crippen molar-refractivity contribution in [3.8, 4) is 5.75 Å². The predicted octanol–water partition coefficient (Wildman–Crippen LogP) is 2.81. The smallest absolute Gasteiger partial charge is 0.255 e. The van der Waals surface area contributed by atoms with Crippen LogP contribution in [0.5, 0.6) is 5.75 Å². The van der Waals surface area contributed by atoms with Gasteiger partial charge in [0.2, 0.25) is 15.9 Å². The third-order valence-corrected chi connectivity index (χ3v) is 5.87. The monoisotopic (exact) mass is 425 g/mol. The van der Waals surface area contributed by atoms with Crippen LogP contribution in [-0.2, 0) is 14.8 Å². The van der Waals surface area contributed by atoms with Crippen LogP contribution in [0, 0.1) is 0 Å². The maximum atomic E-state index is 12.6. The van der Waals surface area contributed by atoms with Gasteiger partial charge < -0.3 is 15.4 Å². The summed E-state index contributed by atoms with van der Waals surface area (Å²) >= 11 is 6.15. The van der Waals surface area contributed by atoms with E-state index in [0.29, 0.717) is 11.4 Å². The van der Waals surface area contributed by atoms with Crippen molar-refractivity contribution in [1.29, 1.82) is 0 Å². The van der Waals surface area contributed by atoms with E-state index < -0.39 is 15.9 Å². The van der Waals surface area contributed by atoms with Gasteiger partial charge in [-0.15, -0.1) is 0 Å². The molecule has 2 rings (SSSR count). The molecule has 2 aromatic rings. The molecule has 150 valence electrons. The number of nitrogens with zero attached hydrogens (tertiary/aromatic N) is 1. The Morgan fingerprint density at radius 1 is 1.07 bits per heavy atom. The number of hydrogen-bond acceptors (Lipinski definition) is 5. The van der Waals surface area contributed by atoms with E-state index in [9.17, 15) is 18.0 Å². The molecule has 2 aromatic carbocycles. The molecular weight excluding hydrogens is 406 g/mol. The number of amides is 2. The summed E-state index contributed by atoms with van der Waals surface area (Å²) in [6.45, 7) is 1.37. The van der Waals surface area contributed by atoms with Gasteiger partial charge in [0.05, 0.1) is 17.8 Å². The van der Waals surface area contributed by atoms with Gasteiger partial charge >= 0.3 is 0 Å². The molecule has 28 heavy (non-hydrogen) atoms. The first-order valence-electron chi connectivity index (χ1n) is 8.05. The van der Waals surface area contributed by atoms with Crippen LogP contribution in [0.3, 0.4) is 0 Å². The molecule has 0 aromatic heterocycles. The quantitative estimate of drug-likeness (QED) is 0.740. The van der Waals surface area contributed by atoms with Crippen molar-refractivity contribution in [1.82, 2.24) is 4.31 Å². The van der Waals surface area contributed by atoms with E-state index in [0.717, 1.165) is 4.31 Å². The lowest BCUT2D eigenvalue weighted by molar-refractivity contribution is -0.114. The van der Waals surface area contributed by atoms with Crippen LogP contribution in [0.1, 0.15) is 17.3 Å². The molecule has 0 spiro atoms. The number of hydrogen-bond donors (Lipinski definition) is 2. The number of rotatable bonds is 6. The molecule has 0 unspecified atom stereocenters. The van der Waals surface area contributed by atoms with Crippen molar-refractivity contribution in [3.63, 3.8) is 0 Å². The van der Waals surface area contributed by atoms with Gasteiger partial charge in [-0.2, -0.15) is 0 Å². The number of benzene rings is 2. The van der Waals surface area contributed by atoms with E-state index >= 15 is 0 Å². The van der Waals surface area contributed by atoms with Crippen molar-refractivity contribution < 1.29 is 22.7 Å². The van der Waals surface area contributed by atoms with Crippen LogP contribution in [0.2, 0.25) is 5.02 Å². The van der Waals surface area contributed by atoms with Crippen LogP contribution in [0.15, 0.2) is 41.3 Å². The first-order valence-corrected chi connectivity index (χ1v) is 9.87. The summed E-state index contributed by atoms with van der Waals surface area (Å²) in [6.07, 6.45) is 0. The van der Waals surface area contributed by atoms with Crippen LogP contribution in [-0.4, -0.2) is 45.7 Å². The van der Waals surface area contributed by atoms with Gasteiger partial charge in [-0.25, -0.2) is 12.7 Å². The molecule has 0 saturated carbocycles. The molecule has 2 amide bonds. The Hall–Kier alpha value is -2.62. The van der Waals surface area contributed by atoms with E-state index in [1.54, 1.807) is 6.07 Å². The number of carbonyl (C=O) groups excluding carboxylic acids is 2. The molecule has 0 aliphatic rings. The lowest BCUT2D eigenvalue weighted by atomic mass is 10.2. The lowest BCUT2D eigenvalue weighted by Gasteiger charge is -2.16. The van der Waals surface area contributed by atoms with E-state index in [1.807, 2.05) is 0 Å². The Morgan fingerprint density at radius 2 is 1.75 bits per heavy atom. The van der Waals surface area contributed by atoms with Crippen molar-refractivity contribution in [3.05, 3.63) is 47.0 Å². The summed E-state index contributed by atoms with van der Waals surface area (Å²) in [6, 6.07) is 8.71. The highest BCUT2D eigenvalue weighted by atomic mass is 35.5. The highest BCUT2D eigenvalue weighted by Gasteiger charge is 2.24. The number of ether oxygens (including phenoxy) is 1. The third kappa shape index (κ3) is 4.80. The van der Waals surface area contributed by atoms with Gasteiger partial charge in [-0.05, 0) is 36.4 Å². The molecule has 0 saturated heterocycles. The van der Waals surface area contributed by atoms with E-state index in [2.05, 4.69) is 10.6 Å². The standard InChI is InChI=1S/C18H20ClN3O5S/c1-11(23)20-13-6-7-15(14(19)10-13)21-18(24)12-5-8-16(27-4)17(9-12)28(25,26)22(2)3/h5-10H,1-4H3,(H,20,23)(H,21,24). The molecule has 0 aliphatic carbocycles. The second-order valence-electron chi connectivity index (χ2n) is 5.98. The Kier molecular flexibility index (Phi) is 6.65. The number of anilines is 2. The Labute approximate surface area is 168 Å². The van der Waals surface area contributed by atoms with E-state index in [4.69, 9.17) is 16.3 Å². The van der Waals surface area contributed by atoms with Gasteiger partial charge in [-0.3, -0.25) is 9.59 Å². The number of carbonyl (C=O) groups is 2. The Morgan fingerprint density at radius 3 is 2.29 bits per heavy atom. The molecule has 0 fully saturated rings. The zero-order valence-electron chi connectivity index (χ0n) is 15.7. The maximum Gasteiger partial charge on any atom is 0.255 e. The summed E-state index contributed by atoms with van der Waals surface area (Å²) < 4.78 is 31.1. The van der Waals surface area contributed by atoms with E-state index in [-0.39, 0.29) is 27.1 Å². The van der Waals surface area contributed by atoms with E-state index in [1.165, 1.54) is 58.5 Å². The SMILES string of the molecule is COc1ccc(C(=O)Nc2ccc(NC(C)=O)cc2Cl)cc1S(=O)(=O)N(C)C. The normalized spacial score (nSPS) is 11.2. The lowest BCUT2D eigenvalue weighted by Crippen LogP contribution is -2.23. The fourth-order valence-corrected chi connectivity index (χ4v) is 3.61. The number of nitrogens with one attached hydrogen (secondary N) is 2. The topological polar surface area (TPSA) is 105 Å². The minimum atomic E-state index is -3.81. The molecule has 8 nitrogen and oxygen atoms in total. The summed E-state index contributed by atoms with van der Waals surface area (Å²) in [5.41, 5.74) is 0.913. The van der Waals surface area contributed by atoms with Gasteiger partial charge in [-0.1, -0.05) is 11.6 Å². The first-order chi connectivity index (χ1) is 13.1. The van der Waals surface area contributed by atoms with Crippen molar-refractivity contribution in [2.45, 2.75) is 11.8 Å². The highest BCUT2D eigenvalue weighted by molar-refractivity contribution is 7.89. The average Bonchev–Trinajstić information content (AvgIpc) is 2.62. The molecular formula is C18H20ClN3O5S. The number of methoxy groups -OCH3 is 1. The fraction of sp³-hybridized carbons (Fsp3) is 0.222. The second kappa shape index (κ2) is 8.59. The average molecular weight is 426 g/mol. The molecule has 2 N–H and O–H groups in total. The molecule has 0 aliphatic heterocycles. The highest BCUT2D eigenvalue weighted by Crippen LogP contribution is 2.29. The summed E-state index contributed by atoms with van der Waals surface area (Å²) in [5.74, 6) is -0.671. The van der Waals surface area contributed by atoms with Crippen LogP contribution < -0.4 is 15.4 Å². The zero-order chi connectivity index (χ0) is 21.1. The molecule has 10 heteroatoms. The van der Waals surface area contributed by atoms with Crippen molar-refractivity contribution in [2.75, 3.05) is 31.8 Å². The Balaban J connectivity index is 2.34. The molecule has 0 atom stereocenters. The molecule has 0 heterocycles. The first kappa shape index (κ1) is 21.7. The van der Waals surface area contributed by atoms with Crippen LogP contribution in [0.4, 0.5) is 11.4 Å². The zero-order valence-corrected chi connectivity index (χ0v) is 17.3. The predicted molar refractivity (Wildman–Crippen MR) is 108 cm³/mol. The van der Waals surface area contributed by atoms with Gasteiger partial charge in [0.15, 0.2) is 0 Å². The van der Waals surface area contributed by atoms with Gasteiger partial charge in [0.25, 0.3) is 5.91 Å². The van der Waals surface area contributed by atoms with Crippen LogP contribution >= 0.6 is 11.6 Å². The van der Waals surface area contributed by atoms with Gasteiger partial charge in [0.1, 0.15) is 10.6 Å². The second-order valence-corrected chi connectivity index (χ2v) is 8.51. The summed E-state index contributed by atoms with van der Waals surface area (Å²) in [4.78, 5) is 23.6. The van der Waals surface area contributed by atoms with Crippen LogP contribution in [0.25, 0.3) is 0 Å². The maximum absolute atomic E-state index is 12.6. The summed E-state index contributed by atoms with van der Waals surface area (Å²) in [5, 5.41) is 5.42. The number of halogens is 1. The molecule has 0 radical (unpaired) electrons. The van der Waals surface area contributed by atoms with Gasteiger partial charge in [0, 0.05) is 32.3 Å². The minimum Gasteiger partial charge on any atom is -0.495 e. The largest absolute Gasteiger partial charge is 0.495 e. The summed E-state index contributed by atoms with van der Waals surface area (Å²) in [7, 11) is 0.309. The third-order valence-electron chi connectivity index (χ3n) is 3.72. The number of sulfonamides is 1. The van der Waals surface area contributed by atoms with Crippen molar-refractivity contribution in [2.24, 2.45) is 0 Å². The molecule has 0 bridgehead atoms. The fourth-order valence-electron chi connectivity index (χ4n) is 2.31.